The molecule has 0 spiro atoms. The fraction of sp³-hybridized carbons (Fsp3) is 0.389. The second-order valence-corrected chi connectivity index (χ2v) is 5.32. The maximum Gasteiger partial charge on any atom is 0.338 e. The molecule has 0 amide bonds. The van der Waals surface area contributed by atoms with Gasteiger partial charge in [-0.25, -0.2) is 14.4 Å². The Morgan fingerprint density at radius 2 is 1.92 bits per heavy atom. The number of rotatable bonds is 10. The molecular weight excluding hydrogens is 312 g/mol. The van der Waals surface area contributed by atoms with Gasteiger partial charge in [0.15, 0.2) is 0 Å². The molecule has 0 aliphatic rings. The Morgan fingerprint density at radius 1 is 1.21 bits per heavy atom. The molecule has 6 nitrogen and oxygen atoms in total. The minimum atomic E-state index is -1.09. The third-order valence-corrected chi connectivity index (χ3v) is 3.32. The van der Waals surface area contributed by atoms with E-state index >= 15 is 0 Å². The zero-order valence-corrected chi connectivity index (χ0v) is 13.7. The average Bonchev–Trinajstić information content (AvgIpc) is 2.57. The lowest BCUT2D eigenvalue weighted by molar-refractivity contribution is -0.142. The van der Waals surface area contributed by atoms with Crippen molar-refractivity contribution in [3.63, 3.8) is 0 Å². The van der Waals surface area contributed by atoms with Crippen molar-refractivity contribution in [1.82, 2.24) is 0 Å². The van der Waals surface area contributed by atoms with Gasteiger partial charge in [-0.3, -0.25) is 0 Å². The van der Waals surface area contributed by atoms with Crippen molar-refractivity contribution < 1.29 is 29.0 Å². The van der Waals surface area contributed by atoms with Gasteiger partial charge in [-0.1, -0.05) is 12.6 Å². The number of carbonyl (C=O) groups excluding carboxylic acids is 2. The van der Waals surface area contributed by atoms with Gasteiger partial charge in [0.25, 0.3) is 0 Å². The highest BCUT2D eigenvalue weighted by Crippen LogP contribution is 2.09. The third kappa shape index (κ3) is 7.09. The van der Waals surface area contributed by atoms with Crippen molar-refractivity contribution in [3.8, 4) is 0 Å². The molecule has 0 saturated heterocycles. The molecule has 0 aliphatic heterocycles. The van der Waals surface area contributed by atoms with Gasteiger partial charge in [-0.2, -0.15) is 0 Å². The molecule has 130 valence electrons. The lowest BCUT2D eigenvalue weighted by atomic mass is 10.1. The van der Waals surface area contributed by atoms with Gasteiger partial charge >= 0.3 is 17.9 Å². The molecule has 1 unspecified atom stereocenters. The van der Waals surface area contributed by atoms with Crippen LogP contribution < -0.4 is 0 Å². The van der Waals surface area contributed by atoms with Crippen LogP contribution in [0.5, 0.6) is 0 Å². The Bertz CT molecular complexity index is 593. The summed E-state index contributed by atoms with van der Waals surface area (Å²) in [5.74, 6) is -2.05. The Morgan fingerprint density at radius 3 is 2.58 bits per heavy atom. The molecular formula is C18H22O6. The van der Waals surface area contributed by atoms with E-state index in [1.807, 2.05) is 6.92 Å². The monoisotopic (exact) mass is 334 g/mol. The van der Waals surface area contributed by atoms with Crippen LogP contribution in [0.25, 0.3) is 0 Å². The zero-order valence-electron chi connectivity index (χ0n) is 13.7. The number of benzene rings is 1. The van der Waals surface area contributed by atoms with E-state index in [9.17, 15) is 14.4 Å². The molecule has 1 aromatic rings. The summed E-state index contributed by atoms with van der Waals surface area (Å²) in [6.07, 6.45) is 4.06. The number of hydrogen-bond donors (Lipinski definition) is 1. The van der Waals surface area contributed by atoms with Crippen LogP contribution in [-0.4, -0.2) is 35.7 Å². The number of aromatic carboxylic acids is 1. The highest BCUT2D eigenvalue weighted by atomic mass is 16.5. The van der Waals surface area contributed by atoms with Gasteiger partial charge in [-0.05, 0) is 50.8 Å². The van der Waals surface area contributed by atoms with Gasteiger partial charge in [0.2, 0.25) is 0 Å². The largest absolute Gasteiger partial charge is 0.478 e. The van der Waals surface area contributed by atoms with Crippen LogP contribution in [0.3, 0.4) is 0 Å². The van der Waals surface area contributed by atoms with E-state index in [0.717, 1.165) is 25.3 Å². The minimum Gasteiger partial charge on any atom is -0.478 e. The Labute approximate surface area is 141 Å². The average molecular weight is 334 g/mol. The maximum atomic E-state index is 11.8. The molecule has 1 aromatic carbocycles. The second kappa shape index (κ2) is 10.2. The molecule has 24 heavy (non-hydrogen) atoms. The SMILES string of the molecule is C=CC(=O)OC(C)CCCCCOC(=O)c1cccc(C(=O)O)c1. The first-order chi connectivity index (χ1) is 11.4. The predicted molar refractivity (Wildman–Crippen MR) is 87.9 cm³/mol. The van der Waals surface area contributed by atoms with E-state index in [-0.39, 0.29) is 23.8 Å². The second-order valence-electron chi connectivity index (χ2n) is 5.32. The molecule has 1 rings (SSSR count). The first kappa shape index (κ1) is 19.4. The molecule has 0 aromatic heterocycles. The molecule has 0 aliphatic carbocycles. The van der Waals surface area contributed by atoms with Crippen molar-refractivity contribution in [2.45, 2.75) is 38.7 Å². The lowest BCUT2D eigenvalue weighted by Gasteiger charge is -2.11. The topological polar surface area (TPSA) is 89.9 Å². The summed E-state index contributed by atoms with van der Waals surface area (Å²) in [7, 11) is 0. The molecule has 1 N–H and O–H groups in total. The van der Waals surface area contributed by atoms with Gasteiger partial charge in [0, 0.05) is 6.08 Å². The summed E-state index contributed by atoms with van der Waals surface area (Å²) in [6.45, 7) is 5.41. The zero-order chi connectivity index (χ0) is 17.9. The predicted octanol–water partition coefficient (Wildman–Crippen LogP) is 3.22. The maximum absolute atomic E-state index is 11.8. The van der Waals surface area contributed by atoms with Crippen LogP contribution in [0.2, 0.25) is 0 Å². The van der Waals surface area contributed by atoms with E-state index in [0.29, 0.717) is 6.42 Å². The highest BCUT2D eigenvalue weighted by Gasteiger charge is 2.10. The van der Waals surface area contributed by atoms with Crippen molar-refractivity contribution >= 4 is 17.9 Å². The molecule has 6 heteroatoms. The first-order valence-corrected chi connectivity index (χ1v) is 7.77. The van der Waals surface area contributed by atoms with Crippen LogP contribution in [-0.2, 0) is 14.3 Å². The Hall–Kier alpha value is -2.63. The summed E-state index contributed by atoms with van der Waals surface area (Å²) in [6, 6.07) is 5.73. The smallest absolute Gasteiger partial charge is 0.338 e. The van der Waals surface area contributed by atoms with E-state index in [1.54, 1.807) is 0 Å². The number of ether oxygens (including phenoxy) is 2. The van der Waals surface area contributed by atoms with Gasteiger partial charge in [0.1, 0.15) is 0 Å². The standard InChI is InChI=1S/C18H22O6/c1-3-16(19)24-13(2)8-5-4-6-11-23-18(22)15-10-7-9-14(12-15)17(20)21/h3,7,9-10,12-13H,1,4-6,8,11H2,2H3,(H,20,21). The number of hydrogen-bond acceptors (Lipinski definition) is 5. The van der Waals surface area contributed by atoms with Crippen LogP contribution >= 0.6 is 0 Å². The van der Waals surface area contributed by atoms with Gasteiger partial charge in [0.05, 0.1) is 23.8 Å². The van der Waals surface area contributed by atoms with Crippen LogP contribution in [0.4, 0.5) is 0 Å². The number of carboxylic acids is 1. The molecule has 0 fully saturated rings. The van der Waals surface area contributed by atoms with Crippen molar-refractivity contribution in [2.75, 3.05) is 6.61 Å². The molecule has 0 saturated carbocycles. The molecule has 0 heterocycles. The van der Waals surface area contributed by atoms with Gasteiger partial charge < -0.3 is 14.6 Å². The number of carboxylic acid groups (broad SMARTS) is 1. The fourth-order valence-electron chi connectivity index (χ4n) is 2.04. The summed E-state index contributed by atoms with van der Waals surface area (Å²) >= 11 is 0. The Balaban J connectivity index is 2.22. The van der Waals surface area contributed by atoms with E-state index in [2.05, 4.69) is 6.58 Å². The van der Waals surface area contributed by atoms with Crippen LogP contribution in [0, 0.1) is 0 Å². The van der Waals surface area contributed by atoms with Gasteiger partial charge in [-0.15, -0.1) is 0 Å². The van der Waals surface area contributed by atoms with Crippen molar-refractivity contribution in [1.29, 1.82) is 0 Å². The summed E-state index contributed by atoms with van der Waals surface area (Å²) < 4.78 is 10.2. The van der Waals surface area contributed by atoms with Crippen molar-refractivity contribution in [3.05, 3.63) is 48.0 Å². The van der Waals surface area contributed by atoms with Crippen LogP contribution in [0.15, 0.2) is 36.9 Å². The van der Waals surface area contributed by atoms with Crippen LogP contribution in [0.1, 0.15) is 53.3 Å². The quantitative estimate of drug-likeness (QED) is 0.401. The summed E-state index contributed by atoms with van der Waals surface area (Å²) in [5.41, 5.74) is 0.271. The lowest BCUT2D eigenvalue weighted by Crippen LogP contribution is -2.12. The fourth-order valence-corrected chi connectivity index (χ4v) is 2.04. The first-order valence-electron chi connectivity index (χ1n) is 7.77. The third-order valence-electron chi connectivity index (χ3n) is 3.32. The van der Waals surface area contributed by atoms with E-state index < -0.39 is 17.9 Å². The molecule has 0 bridgehead atoms. The van der Waals surface area contributed by atoms with E-state index in [4.69, 9.17) is 14.6 Å². The molecule has 1 atom stereocenters. The highest BCUT2D eigenvalue weighted by molar-refractivity contribution is 5.94. The molecule has 0 radical (unpaired) electrons. The summed E-state index contributed by atoms with van der Waals surface area (Å²) in [4.78, 5) is 33.7. The van der Waals surface area contributed by atoms with Crippen molar-refractivity contribution in [2.24, 2.45) is 0 Å². The normalized spacial score (nSPS) is 11.4. The summed E-state index contributed by atoms with van der Waals surface area (Å²) in [5, 5.41) is 8.89. The Kier molecular flexibility index (Phi) is 8.25. The van der Waals surface area contributed by atoms with E-state index in [1.165, 1.54) is 24.3 Å². The number of carbonyl (C=O) groups is 3. The number of unbranched alkanes of at least 4 members (excludes halogenated alkanes) is 2. The minimum absolute atomic E-state index is 0.0486. The number of esters is 2.